The molecule has 1 saturated heterocycles. The fourth-order valence-corrected chi connectivity index (χ4v) is 4.49. The third kappa shape index (κ3) is 5.05. The molecule has 1 aliphatic heterocycles. The lowest BCUT2D eigenvalue weighted by Gasteiger charge is -2.24. The summed E-state index contributed by atoms with van der Waals surface area (Å²) in [5.74, 6) is -1.20. The van der Waals surface area contributed by atoms with Crippen molar-refractivity contribution in [3.8, 4) is 0 Å². The summed E-state index contributed by atoms with van der Waals surface area (Å²) in [5.41, 5.74) is 0.699. The summed E-state index contributed by atoms with van der Waals surface area (Å²) >= 11 is 0. The van der Waals surface area contributed by atoms with Crippen molar-refractivity contribution in [3.63, 3.8) is 0 Å². The van der Waals surface area contributed by atoms with Gasteiger partial charge in [0.2, 0.25) is 5.91 Å². The second-order valence-electron chi connectivity index (χ2n) is 8.58. The molecule has 0 aromatic heterocycles. The van der Waals surface area contributed by atoms with Gasteiger partial charge in [0.15, 0.2) is 0 Å². The van der Waals surface area contributed by atoms with Crippen LogP contribution in [0.3, 0.4) is 0 Å². The molecule has 33 heavy (non-hydrogen) atoms. The van der Waals surface area contributed by atoms with Gasteiger partial charge in [0.05, 0.1) is 11.3 Å². The molecule has 2 aromatic carbocycles. The number of nitrogens with one attached hydrogen (secondary N) is 3. The van der Waals surface area contributed by atoms with Gasteiger partial charge >= 0.3 is 6.03 Å². The van der Waals surface area contributed by atoms with Gasteiger partial charge in [0.25, 0.3) is 11.8 Å². The number of benzene rings is 2. The fourth-order valence-electron chi connectivity index (χ4n) is 4.49. The molecule has 1 saturated carbocycles. The van der Waals surface area contributed by atoms with Crippen LogP contribution in [0.1, 0.15) is 54.4 Å². The number of rotatable bonds is 6. The van der Waals surface area contributed by atoms with Crippen LogP contribution in [0.15, 0.2) is 54.6 Å². The van der Waals surface area contributed by atoms with E-state index in [1.165, 1.54) is 0 Å². The summed E-state index contributed by atoms with van der Waals surface area (Å²) in [6.45, 7) is -0.0428. The summed E-state index contributed by atoms with van der Waals surface area (Å²) in [7, 11) is 0. The van der Waals surface area contributed by atoms with E-state index in [0.717, 1.165) is 36.1 Å². The average molecular weight is 449 g/mol. The zero-order chi connectivity index (χ0) is 23.3. The average Bonchev–Trinajstić information content (AvgIpc) is 2.97. The van der Waals surface area contributed by atoms with Crippen LogP contribution in [0.2, 0.25) is 0 Å². The number of hydrogen-bond acceptors (Lipinski definition) is 4. The number of anilines is 1. The lowest BCUT2D eigenvalue weighted by Crippen LogP contribution is -2.47. The molecule has 0 atom stereocenters. The Kier molecular flexibility index (Phi) is 6.72. The molecule has 1 aliphatic carbocycles. The Morgan fingerprint density at radius 2 is 1.58 bits per heavy atom. The van der Waals surface area contributed by atoms with Crippen LogP contribution >= 0.6 is 0 Å². The number of imide groups is 1. The highest BCUT2D eigenvalue weighted by atomic mass is 16.2. The Labute approximate surface area is 192 Å². The second-order valence-corrected chi connectivity index (χ2v) is 8.58. The third-order valence-corrected chi connectivity index (χ3v) is 6.25. The maximum Gasteiger partial charge on any atom is 0.325 e. The van der Waals surface area contributed by atoms with Gasteiger partial charge in [-0.1, -0.05) is 68.1 Å². The Balaban J connectivity index is 1.40. The summed E-state index contributed by atoms with van der Waals surface area (Å²) < 4.78 is 0. The van der Waals surface area contributed by atoms with Gasteiger partial charge in [-0.25, -0.2) is 4.79 Å². The quantitative estimate of drug-likeness (QED) is 0.590. The van der Waals surface area contributed by atoms with Crippen molar-refractivity contribution < 1.29 is 19.2 Å². The molecule has 0 unspecified atom stereocenters. The fraction of sp³-hybridized carbons (Fsp3) is 0.360. The van der Waals surface area contributed by atoms with Crippen molar-refractivity contribution in [2.24, 2.45) is 0 Å². The van der Waals surface area contributed by atoms with Gasteiger partial charge in [0.1, 0.15) is 12.1 Å². The van der Waals surface area contributed by atoms with Gasteiger partial charge in [-0.05, 0) is 30.5 Å². The first-order chi connectivity index (χ1) is 16.0. The van der Waals surface area contributed by atoms with Gasteiger partial charge in [-0.2, -0.15) is 0 Å². The molecule has 8 heteroatoms. The minimum atomic E-state index is -0.886. The molecule has 2 fully saturated rings. The maximum atomic E-state index is 13.0. The van der Waals surface area contributed by atoms with Gasteiger partial charge in [-0.15, -0.1) is 0 Å². The first-order valence-corrected chi connectivity index (χ1v) is 11.3. The van der Waals surface area contributed by atoms with Crippen molar-refractivity contribution in [3.05, 3.63) is 65.7 Å². The largest absolute Gasteiger partial charge is 0.348 e. The van der Waals surface area contributed by atoms with E-state index in [4.69, 9.17) is 0 Å². The highest BCUT2D eigenvalue weighted by molar-refractivity contribution is 6.11. The predicted octanol–water partition coefficient (Wildman–Crippen LogP) is 3.20. The van der Waals surface area contributed by atoms with Gasteiger partial charge in [-0.3, -0.25) is 19.3 Å². The molecule has 2 aliphatic rings. The molecular weight excluding hydrogens is 420 g/mol. The van der Waals surface area contributed by atoms with E-state index >= 15 is 0 Å². The summed E-state index contributed by atoms with van der Waals surface area (Å²) in [6.07, 6.45) is 5.01. The second kappa shape index (κ2) is 9.85. The summed E-state index contributed by atoms with van der Waals surface area (Å²) in [6, 6.07) is 15.6. The summed E-state index contributed by atoms with van der Waals surface area (Å²) in [5, 5.41) is 8.36. The van der Waals surface area contributed by atoms with Crippen molar-refractivity contribution in [2.45, 2.75) is 50.6 Å². The topological polar surface area (TPSA) is 108 Å². The SMILES string of the molecule is O=C(CN1C(=O)NC2(CCCCCC2)C1=O)Nc1ccccc1C(=O)NCc1ccccc1. The van der Waals surface area contributed by atoms with Crippen LogP contribution in [0.4, 0.5) is 10.5 Å². The number of para-hydroxylation sites is 1. The highest BCUT2D eigenvalue weighted by Crippen LogP contribution is 2.32. The van der Waals surface area contributed by atoms with E-state index in [1.807, 2.05) is 30.3 Å². The number of nitrogens with zero attached hydrogens (tertiary/aromatic N) is 1. The third-order valence-electron chi connectivity index (χ3n) is 6.25. The van der Waals surface area contributed by atoms with Gasteiger partial charge < -0.3 is 16.0 Å². The Morgan fingerprint density at radius 1 is 0.909 bits per heavy atom. The predicted molar refractivity (Wildman–Crippen MR) is 123 cm³/mol. The number of hydrogen-bond donors (Lipinski definition) is 3. The standard InChI is InChI=1S/C25H28N4O4/c30-21(17-29-23(32)25(28-24(29)33)14-8-1-2-9-15-25)27-20-13-7-6-12-19(20)22(31)26-16-18-10-4-3-5-11-18/h3-7,10-13H,1-2,8-9,14-17H2,(H,26,31)(H,27,30)(H,28,33). The van der Waals surface area contributed by atoms with E-state index < -0.39 is 24.0 Å². The Morgan fingerprint density at radius 3 is 2.30 bits per heavy atom. The van der Waals surface area contributed by atoms with Crippen LogP contribution in [-0.4, -0.2) is 40.7 Å². The molecule has 172 valence electrons. The monoisotopic (exact) mass is 448 g/mol. The normalized spacial score (nSPS) is 17.4. The molecule has 1 heterocycles. The van der Waals surface area contributed by atoms with E-state index in [1.54, 1.807) is 24.3 Å². The molecule has 3 N–H and O–H groups in total. The van der Waals surface area contributed by atoms with Crippen molar-refractivity contribution in [2.75, 3.05) is 11.9 Å². The van der Waals surface area contributed by atoms with Crippen LogP contribution in [0.25, 0.3) is 0 Å². The van der Waals surface area contributed by atoms with Crippen molar-refractivity contribution in [1.29, 1.82) is 0 Å². The van der Waals surface area contributed by atoms with E-state index in [-0.39, 0.29) is 11.8 Å². The molecule has 2 aromatic rings. The molecule has 8 nitrogen and oxygen atoms in total. The van der Waals surface area contributed by atoms with E-state index in [0.29, 0.717) is 30.6 Å². The van der Waals surface area contributed by atoms with Crippen LogP contribution in [0.5, 0.6) is 0 Å². The van der Waals surface area contributed by atoms with Crippen LogP contribution < -0.4 is 16.0 Å². The molecule has 1 spiro atoms. The highest BCUT2D eigenvalue weighted by Gasteiger charge is 2.51. The first-order valence-electron chi connectivity index (χ1n) is 11.3. The molecular formula is C25H28N4O4. The van der Waals surface area contributed by atoms with Gasteiger partial charge in [0, 0.05) is 6.54 Å². The lowest BCUT2D eigenvalue weighted by molar-refractivity contribution is -0.134. The number of amides is 5. The summed E-state index contributed by atoms with van der Waals surface area (Å²) in [4.78, 5) is 52.0. The van der Waals surface area contributed by atoms with Crippen molar-refractivity contribution in [1.82, 2.24) is 15.5 Å². The number of urea groups is 1. The smallest absolute Gasteiger partial charge is 0.325 e. The van der Waals surface area contributed by atoms with E-state index in [9.17, 15) is 19.2 Å². The molecule has 0 radical (unpaired) electrons. The first kappa shape index (κ1) is 22.5. The zero-order valence-electron chi connectivity index (χ0n) is 18.4. The molecule has 4 rings (SSSR count). The minimum Gasteiger partial charge on any atom is -0.348 e. The molecule has 5 amide bonds. The molecule has 0 bridgehead atoms. The zero-order valence-corrected chi connectivity index (χ0v) is 18.4. The van der Waals surface area contributed by atoms with Crippen LogP contribution in [0, 0.1) is 0 Å². The minimum absolute atomic E-state index is 0.305. The van der Waals surface area contributed by atoms with Crippen LogP contribution in [-0.2, 0) is 16.1 Å². The number of carbonyl (C=O) groups excluding carboxylic acids is 4. The lowest BCUT2D eigenvalue weighted by atomic mass is 9.90. The van der Waals surface area contributed by atoms with Crippen molar-refractivity contribution >= 4 is 29.4 Å². The Bertz CT molecular complexity index is 1050. The number of carbonyl (C=O) groups is 4. The Hall–Kier alpha value is -3.68. The maximum absolute atomic E-state index is 13.0. The van der Waals surface area contributed by atoms with E-state index in [2.05, 4.69) is 16.0 Å².